The van der Waals surface area contributed by atoms with Gasteiger partial charge in [0.05, 0.1) is 23.8 Å². The Labute approximate surface area is 182 Å². The van der Waals surface area contributed by atoms with Gasteiger partial charge in [0.25, 0.3) is 5.91 Å². The van der Waals surface area contributed by atoms with E-state index in [1.54, 1.807) is 30.3 Å². The third kappa shape index (κ3) is 4.76. The lowest BCUT2D eigenvalue weighted by Gasteiger charge is -2.14. The number of imide groups is 1. The smallest absolute Gasteiger partial charge is 0.329 e. The van der Waals surface area contributed by atoms with E-state index in [1.165, 1.54) is 19.3 Å². The Morgan fingerprint density at radius 1 is 1.32 bits per heavy atom. The van der Waals surface area contributed by atoms with Crippen LogP contribution in [0.1, 0.15) is 16.7 Å². The highest BCUT2D eigenvalue weighted by Gasteiger charge is 2.34. The SMILES string of the molecule is COc1cc(/C=C2/NC(=O)N(CC(=O)O)C2=O)cc(Cl)c1OCc1ccccc1C#N. The number of aliphatic carboxylic acids is 1. The number of urea groups is 1. The van der Waals surface area contributed by atoms with Gasteiger partial charge in [-0.05, 0) is 29.8 Å². The van der Waals surface area contributed by atoms with Gasteiger partial charge < -0.3 is 19.9 Å². The molecule has 0 saturated carbocycles. The number of amides is 3. The minimum Gasteiger partial charge on any atom is -0.493 e. The van der Waals surface area contributed by atoms with Crippen LogP contribution >= 0.6 is 11.6 Å². The second kappa shape index (κ2) is 9.19. The van der Waals surface area contributed by atoms with Crippen molar-refractivity contribution in [3.8, 4) is 17.6 Å². The molecule has 1 fully saturated rings. The molecule has 9 nitrogen and oxygen atoms in total. The van der Waals surface area contributed by atoms with E-state index in [1.807, 2.05) is 0 Å². The summed E-state index contributed by atoms with van der Waals surface area (Å²) < 4.78 is 11.1. The molecule has 10 heteroatoms. The van der Waals surface area contributed by atoms with Crippen LogP contribution in [0, 0.1) is 11.3 Å². The van der Waals surface area contributed by atoms with Gasteiger partial charge in [0.2, 0.25) is 0 Å². The van der Waals surface area contributed by atoms with E-state index in [0.29, 0.717) is 21.6 Å². The minimum atomic E-state index is -1.31. The van der Waals surface area contributed by atoms with Crippen LogP contribution in [0.25, 0.3) is 6.08 Å². The lowest BCUT2D eigenvalue weighted by Crippen LogP contribution is -2.35. The van der Waals surface area contributed by atoms with Gasteiger partial charge in [-0.15, -0.1) is 0 Å². The van der Waals surface area contributed by atoms with Crippen molar-refractivity contribution in [2.45, 2.75) is 6.61 Å². The summed E-state index contributed by atoms with van der Waals surface area (Å²) in [6.45, 7) is -0.665. The maximum atomic E-state index is 12.3. The third-order valence-electron chi connectivity index (χ3n) is 4.33. The summed E-state index contributed by atoms with van der Waals surface area (Å²) in [4.78, 5) is 35.5. The minimum absolute atomic E-state index is 0.0823. The van der Waals surface area contributed by atoms with Gasteiger partial charge in [0.15, 0.2) is 11.5 Å². The molecular formula is C21H16ClN3O6. The zero-order chi connectivity index (χ0) is 22.5. The Morgan fingerprint density at radius 2 is 2.06 bits per heavy atom. The first-order valence-electron chi connectivity index (χ1n) is 8.88. The summed E-state index contributed by atoms with van der Waals surface area (Å²) in [7, 11) is 1.41. The van der Waals surface area contributed by atoms with Crippen LogP contribution in [0.15, 0.2) is 42.1 Å². The Bertz CT molecular complexity index is 1140. The van der Waals surface area contributed by atoms with Crippen molar-refractivity contribution in [3.63, 3.8) is 0 Å². The Morgan fingerprint density at radius 3 is 2.74 bits per heavy atom. The molecule has 1 heterocycles. The summed E-state index contributed by atoms with van der Waals surface area (Å²) in [6, 6.07) is 11.3. The van der Waals surface area contributed by atoms with E-state index < -0.39 is 24.5 Å². The van der Waals surface area contributed by atoms with E-state index in [9.17, 15) is 19.6 Å². The van der Waals surface area contributed by atoms with Gasteiger partial charge in [-0.2, -0.15) is 5.26 Å². The van der Waals surface area contributed by atoms with Crippen molar-refractivity contribution in [2.24, 2.45) is 0 Å². The first kappa shape index (κ1) is 21.7. The largest absolute Gasteiger partial charge is 0.493 e. The standard InChI is InChI=1S/C21H16ClN3O6/c1-30-17-8-12(7-16-20(28)25(10-18(26)27)21(29)24-16)6-15(22)19(17)31-11-14-5-3-2-4-13(14)9-23/h2-8H,10-11H2,1H3,(H,24,29)(H,26,27)/b16-7+. The number of nitrogens with one attached hydrogen (secondary N) is 1. The number of ether oxygens (including phenoxy) is 2. The van der Waals surface area contributed by atoms with Gasteiger partial charge in [-0.25, -0.2) is 9.69 Å². The van der Waals surface area contributed by atoms with Crippen LogP contribution in [0.2, 0.25) is 5.02 Å². The molecule has 0 aromatic heterocycles. The van der Waals surface area contributed by atoms with Crippen LogP contribution in [0.4, 0.5) is 4.79 Å². The van der Waals surface area contributed by atoms with Crippen LogP contribution < -0.4 is 14.8 Å². The van der Waals surface area contributed by atoms with Crippen molar-refractivity contribution < 1.29 is 29.0 Å². The number of hydrogen-bond acceptors (Lipinski definition) is 6. The molecule has 3 rings (SSSR count). The average molecular weight is 442 g/mol. The second-order valence-electron chi connectivity index (χ2n) is 6.36. The third-order valence-corrected chi connectivity index (χ3v) is 4.61. The molecule has 0 bridgehead atoms. The van der Waals surface area contributed by atoms with E-state index >= 15 is 0 Å². The van der Waals surface area contributed by atoms with Crippen molar-refractivity contribution in [1.29, 1.82) is 5.26 Å². The summed E-state index contributed by atoms with van der Waals surface area (Å²) in [5.41, 5.74) is 1.47. The maximum absolute atomic E-state index is 12.3. The number of methoxy groups -OCH3 is 1. The molecule has 0 unspecified atom stereocenters. The maximum Gasteiger partial charge on any atom is 0.329 e. The molecule has 1 saturated heterocycles. The topological polar surface area (TPSA) is 129 Å². The molecule has 31 heavy (non-hydrogen) atoms. The molecule has 0 aliphatic carbocycles. The first-order valence-corrected chi connectivity index (χ1v) is 9.26. The quantitative estimate of drug-likeness (QED) is 0.499. The molecule has 158 valence electrons. The van der Waals surface area contributed by atoms with Crippen LogP contribution in [0.3, 0.4) is 0 Å². The van der Waals surface area contributed by atoms with Gasteiger partial charge in [-0.3, -0.25) is 9.59 Å². The number of nitrogens with zero attached hydrogens (tertiary/aromatic N) is 2. The molecule has 2 aromatic carbocycles. The highest BCUT2D eigenvalue weighted by atomic mass is 35.5. The highest BCUT2D eigenvalue weighted by molar-refractivity contribution is 6.32. The van der Waals surface area contributed by atoms with E-state index in [0.717, 1.165) is 0 Å². The molecule has 0 atom stereocenters. The number of carbonyl (C=O) groups is 3. The van der Waals surface area contributed by atoms with Crippen LogP contribution in [-0.2, 0) is 16.2 Å². The zero-order valence-electron chi connectivity index (χ0n) is 16.2. The highest BCUT2D eigenvalue weighted by Crippen LogP contribution is 2.37. The first-order chi connectivity index (χ1) is 14.8. The monoisotopic (exact) mass is 441 g/mol. The molecule has 1 aliphatic heterocycles. The summed E-state index contributed by atoms with van der Waals surface area (Å²) in [5.74, 6) is -1.56. The van der Waals surface area contributed by atoms with Crippen LogP contribution in [0.5, 0.6) is 11.5 Å². The summed E-state index contributed by atoms with van der Waals surface area (Å²) in [5, 5.41) is 20.5. The van der Waals surface area contributed by atoms with Crippen molar-refractivity contribution >= 4 is 35.6 Å². The number of nitriles is 1. The van der Waals surface area contributed by atoms with Crippen molar-refractivity contribution in [3.05, 3.63) is 63.8 Å². The lowest BCUT2D eigenvalue weighted by molar-refractivity contribution is -0.140. The van der Waals surface area contributed by atoms with Gasteiger partial charge in [0, 0.05) is 5.56 Å². The van der Waals surface area contributed by atoms with Crippen molar-refractivity contribution in [1.82, 2.24) is 10.2 Å². The molecule has 1 aliphatic rings. The Balaban J connectivity index is 1.85. The van der Waals surface area contributed by atoms with E-state index in [2.05, 4.69) is 11.4 Å². The normalized spacial score (nSPS) is 14.4. The molecular weight excluding hydrogens is 426 g/mol. The fourth-order valence-corrected chi connectivity index (χ4v) is 3.16. The van der Waals surface area contributed by atoms with Crippen molar-refractivity contribution in [2.75, 3.05) is 13.7 Å². The Kier molecular flexibility index (Phi) is 6.43. The van der Waals surface area contributed by atoms with E-state index in [4.69, 9.17) is 26.2 Å². The lowest BCUT2D eigenvalue weighted by atomic mass is 10.1. The number of halogens is 1. The predicted molar refractivity (Wildman–Crippen MR) is 109 cm³/mol. The van der Waals surface area contributed by atoms with Gasteiger partial charge in [-0.1, -0.05) is 29.8 Å². The molecule has 2 N–H and O–H groups in total. The van der Waals surface area contributed by atoms with Gasteiger partial charge in [0.1, 0.15) is 18.8 Å². The zero-order valence-corrected chi connectivity index (χ0v) is 17.0. The average Bonchev–Trinajstić information content (AvgIpc) is 2.99. The Hall–Kier alpha value is -4.03. The number of carbonyl (C=O) groups excluding carboxylic acids is 2. The summed E-state index contributed by atoms with van der Waals surface area (Å²) in [6.07, 6.45) is 1.35. The number of hydrogen-bond donors (Lipinski definition) is 2. The molecule has 3 amide bonds. The predicted octanol–water partition coefficient (Wildman–Crippen LogP) is 2.78. The summed E-state index contributed by atoms with van der Waals surface area (Å²) >= 11 is 6.34. The number of rotatable bonds is 7. The number of carboxylic acids is 1. The number of benzene rings is 2. The van der Waals surface area contributed by atoms with Crippen LogP contribution in [-0.4, -0.2) is 41.6 Å². The fourth-order valence-electron chi connectivity index (χ4n) is 2.89. The van der Waals surface area contributed by atoms with Gasteiger partial charge >= 0.3 is 12.0 Å². The van der Waals surface area contributed by atoms with E-state index in [-0.39, 0.29) is 28.8 Å². The fraction of sp³-hybridized carbons (Fsp3) is 0.143. The molecule has 0 spiro atoms. The molecule has 0 radical (unpaired) electrons. The second-order valence-corrected chi connectivity index (χ2v) is 6.77. The number of carboxylic acid groups (broad SMARTS) is 1. The molecule has 2 aromatic rings.